The molecule has 2 saturated heterocycles. The summed E-state index contributed by atoms with van der Waals surface area (Å²) in [6.07, 6.45) is 3.85. The van der Waals surface area contributed by atoms with Gasteiger partial charge in [-0.15, -0.1) is 0 Å². The summed E-state index contributed by atoms with van der Waals surface area (Å²) >= 11 is 0. The van der Waals surface area contributed by atoms with Crippen LogP contribution in [0.3, 0.4) is 0 Å². The van der Waals surface area contributed by atoms with Crippen molar-refractivity contribution in [3.8, 4) is 11.5 Å². The van der Waals surface area contributed by atoms with E-state index >= 15 is 0 Å². The average Bonchev–Trinajstić information content (AvgIpc) is 2.97. The van der Waals surface area contributed by atoms with E-state index in [4.69, 9.17) is 9.47 Å². The summed E-state index contributed by atoms with van der Waals surface area (Å²) in [5.74, 6) is 2.72. The van der Waals surface area contributed by atoms with E-state index in [1.165, 1.54) is 0 Å². The maximum absolute atomic E-state index is 12.9. The van der Waals surface area contributed by atoms with Gasteiger partial charge in [-0.2, -0.15) is 0 Å². The summed E-state index contributed by atoms with van der Waals surface area (Å²) in [6.45, 7) is 7.90. The summed E-state index contributed by atoms with van der Waals surface area (Å²) < 4.78 is 10.9. The van der Waals surface area contributed by atoms with Gasteiger partial charge in [-0.05, 0) is 56.0 Å². The number of hydrogen-bond acceptors (Lipinski definition) is 4. The van der Waals surface area contributed by atoms with Gasteiger partial charge in [0.1, 0.15) is 6.61 Å². The maximum atomic E-state index is 12.9. The Morgan fingerprint density at radius 1 is 1.29 bits per heavy atom. The minimum atomic E-state index is 0.0801. The summed E-state index contributed by atoms with van der Waals surface area (Å²) in [6, 6.07) is 5.39. The van der Waals surface area contributed by atoms with Crippen LogP contribution in [0.2, 0.25) is 0 Å². The summed E-state index contributed by atoms with van der Waals surface area (Å²) in [4.78, 5) is 14.8. The number of hydrogen-bond donors (Lipinski definition) is 1. The van der Waals surface area contributed by atoms with E-state index in [1.807, 2.05) is 11.0 Å². The Morgan fingerprint density at radius 3 is 2.62 bits per heavy atom. The molecule has 2 heterocycles. The lowest BCUT2D eigenvalue weighted by atomic mass is 9.92. The molecular formula is C19H26N2O3. The normalized spacial score (nSPS) is 23.3. The van der Waals surface area contributed by atoms with Crippen LogP contribution in [0.1, 0.15) is 23.2 Å². The number of rotatable bonds is 5. The molecule has 2 aliphatic heterocycles. The molecule has 0 radical (unpaired) electrons. The van der Waals surface area contributed by atoms with Crippen molar-refractivity contribution in [3.63, 3.8) is 0 Å². The molecule has 0 aliphatic carbocycles. The molecule has 0 aromatic heterocycles. The van der Waals surface area contributed by atoms with Crippen molar-refractivity contribution in [1.29, 1.82) is 0 Å². The van der Waals surface area contributed by atoms with Crippen LogP contribution < -0.4 is 14.8 Å². The molecule has 2 aliphatic rings. The van der Waals surface area contributed by atoms with Crippen molar-refractivity contribution in [2.24, 2.45) is 11.8 Å². The highest BCUT2D eigenvalue weighted by Crippen LogP contribution is 2.30. The number of benzene rings is 1. The first-order chi connectivity index (χ1) is 11.7. The van der Waals surface area contributed by atoms with Crippen LogP contribution in [-0.4, -0.2) is 50.7 Å². The van der Waals surface area contributed by atoms with Crippen LogP contribution in [0.5, 0.6) is 11.5 Å². The largest absolute Gasteiger partial charge is 0.493 e. The number of nitrogens with zero attached hydrogens (tertiary/aromatic N) is 1. The molecule has 0 spiro atoms. The average molecular weight is 330 g/mol. The molecule has 2 atom stereocenters. The molecule has 0 unspecified atom stereocenters. The Hall–Kier alpha value is -2.01. The predicted octanol–water partition coefficient (Wildman–Crippen LogP) is 2.33. The Morgan fingerprint density at radius 2 is 2.00 bits per heavy atom. The van der Waals surface area contributed by atoms with E-state index in [9.17, 15) is 4.79 Å². The second-order valence-electron chi connectivity index (χ2n) is 6.51. The van der Waals surface area contributed by atoms with Gasteiger partial charge in [0, 0.05) is 18.7 Å². The number of amides is 1. The molecule has 1 amide bonds. The van der Waals surface area contributed by atoms with Gasteiger partial charge in [0.05, 0.1) is 7.11 Å². The van der Waals surface area contributed by atoms with Gasteiger partial charge in [-0.25, -0.2) is 0 Å². The Balaban J connectivity index is 1.71. The van der Waals surface area contributed by atoms with Gasteiger partial charge in [0.2, 0.25) is 0 Å². The fourth-order valence-corrected chi connectivity index (χ4v) is 3.67. The molecule has 5 nitrogen and oxygen atoms in total. The highest BCUT2D eigenvalue weighted by atomic mass is 16.5. The number of carbonyl (C=O) groups excluding carboxylic acids is 1. The van der Waals surface area contributed by atoms with Gasteiger partial charge in [0.15, 0.2) is 11.5 Å². The molecule has 24 heavy (non-hydrogen) atoms. The second-order valence-corrected chi connectivity index (χ2v) is 6.51. The highest BCUT2D eigenvalue weighted by Gasteiger charge is 2.31. The Kier molecular flexibility index (Phi) is 5.41. The molecule has 3 rings (SSSR count). The molecule has 1 N–H and O–H groups in total. The summed E-state index contributed by atoms with van der Waals surface area (Å²) in [7, 11) is 1.59. The topological polar surface area (TPSA) is 50.8 Å². The van der Waals surface area contributed by atoms with Crippen molar-refractivity contribution in [2.45, 2.75) is 12.8 Å². The van der Waals surface area contributed by atoms with E-state index < -0.39 is 0 Å². The van der Waals surface area contributed by atoms with Crippen LogP contribution in [0.4, 0.5) is 0 Å². The Labute approximate surface area is 143 Å². The van der Waals surface area contributed by atoms with Crippen LogP contribution in [-0.2, 0) is 0 Å². The van der Waals surface area contributed by atoms with Crippen LogP contribution in [0.15, 0.2) is 30.9 Å². The minimum Gasteiger partial charge on any atom is -0.493 e. The van der Waals surface area contributed by atoms with Gasteiger partial charge < -0.3 is 19.7 Å². The van der Waals surface area contributed by atoms with Gasteiger partial charge >= 0.3 is 0 Å². The number of likely N-dealkylation sites (tertiary alicyclic amines) is 1. The van der Waals surface area contributed by atoms with Crippen molar-refractivity contribution >= 4 is 5.91 Å². The van der Waals surface area contributed by atoms with Crippen molar-refractivity contribution in [1.82, 2.24) is 10.2 Å². The third-order valence-corrected chi connectivity index (χ3v) is 5.07. The van der Waals surface area contributed by atoms with Crippen molar-refractivity contribution in [3.05, 3.63) is 36.4 Å². The van der Waals surface area contributed by atoms with Crippen molar-refractivity contribution in [2.75, 3.05) is 39.9 Å². The summed E-state index contributed by atoms with van der Waals surface area (Å²) in [5.41, 5.74) is 0.656. The fraction of sp³-hybridized carbons (Fsp3) is 0.526. The standard InChI is InChI=1S/C19H26N2O3/c1-3-10-24-17-5-4-14(11-18(17)23-2)19(22)21-8-6-15-12-20-13-16(15)7-9-21/h3-5,11,15-16,20H,1,6-10,12-13H2,2H3/t15-,16+. The lowest BCUT2D eigenvalue weighted by molar-refractivity contribution is 0.0758. The zero-order valence-electron chi connectivity index (χ0n) is 14.3. The zero-order valence-corrected chi connectivity index (χ0v) is 14.3. The lowest BCUT2D eigenvalue weighted by Gasteiger charge is -2.21. The predicted molar refractivity (Wildman–Crippen MR) is 93.7 cm³/mol. The van der Waals surface area contributed by atoms with E-state index in [0.717, 1.165) is 39.0 Å². The minimum absolute atomic E-state index is 0.0801. The molecule has 2 fully saturated rings. The quantitative estimate of drug-likeness (QED) is 0.842. The Bertz CT molecular complexity index is 588. The van der Waals surface area contributed by atoms with E-state index in [0.29, 0.717) is 35.5 Å². The lowest BCUT2D eigenvalue weighted by Crippen LogP contribution is -2.32. The number of carbonyl (C=O) groups is 1. The van der Waals surface area contributed by atoms with Crippen LogP contribution >= 0.6 is 0 Å². The van der Waals surface area contributed by atoms with Crippen LogP contribution in [0, 0.1) is 11.8 Å². The number of methoxy groups -OCH3 is 1. The monoisotopic (exact) mass is 330 g/mol. The zero-order chi connectivity index (χ0) is 16.9. The molecule has 130 valence electrons. The molecule has 0 bridgehead atoms. The first-order valence-corrected chi connectivity index (χ1v) is 8.64. The number of nitrogens with one attached hydrogen (secondary N) is 1. The van der Waals surface area contributed by atoms with Gasteiger partial charge in [-0.1, -0.05) is 12.7 Å². The van der Waals surface area contributed by atoms with Gasteiger partial charge in [0.25, 0.3) is 5.91 Å². The van der Waals surface area contributed by atoms with E-state index in [1.54, 1.807) is 25.3 Å². The van der Waals surface area contributed by atoms with Crippen molar-refractivity contribution < 1.29 is 14.3 Å². The molecular weight excluding hydrogens is 304 g/mol. The second kappa shape index (κ2) is 7.71. The number of fused-ring (bicyclic) bond motifs is 1. The first-order valence-electron chi connectivity index (χ1n) is 8.64. The molecule has 0 saturated carbocycles. The number of ether oxygens (including phenoxy) is 2. The molecule has 1 aromatic rings. The maximum Gasteiger partial charge on any atom is 0.253 e. The van der Waals surface area contributed by atoms with E-state index in [2.05, 4.69) is 11.9 Å². The molecule has 5 heteroatoms. The summed E-state index contributed by atoms with van der Waals surface area (Å²) in [5, 5.41) is 3.46. The van der Waals surface area contributed by atoms with E-state index in [-0.39, 0.29) is 5.91 Å². The third kappa shape index (κ3) is 3.56. The smallest absolute Gasteiger partial charge is 0.253 e. The SMILES string of the molecule is C=CCOc1ccc(C(=O)N2CC[C@@H]3CNC[C@@H]3CC2)cc1OC. The van der Waals surface area contributed by atoms with Gasteiger partial charge in [-0.3, -0.25) is 4.79 Å². The third-order valence-electron chi connectivity index (χ3n) is 5.07. The van der Waals surface area contributed by atoms with Crippen LogP contribution in [0.25, 0.3) is 0 Å². The highest BCUT2D eigenvalue weighted by molar-refractivity contribution is 5.95. The first kappa shape index (κ1) is 16.8. The fourth-order valence-electron chi connectivity index (χ4n) is 3.67. The molecule has 1 aromatic carbocycles.